The van der Waals surface area contributed by atoms with Gasteiger partial charge in [0.15, 0.2) is 6.23 Å². The van der Waals surface area contributed by atoms with Crippen LogP contribution >= 0.6 is 0 Å². The van der Waals surface area contributed by atoms with E-state index in [9.17, 15) is 31.9 Å². The van der Waals surface area contributed by atoms with Gasteiger partial charge in [-0.1, -0.05) is 25.1 Å². The second-order valence-corrected chi connectivity index (χ2v) is 10.8. The smallest absolute Gasteiger partial charge is 0.354 e. The van der Waals surface area contributed by atoms with Crippen molar-refractivity contribution in [3.63, 3.8) is 0 Å². The molecule has 1 spiro atoms. The molecule has 4 aliphatic rings. The minimum absolute atomic E-state index is 0.105. The average Bonchev–Trinajstić information content (AvgIpc) is 3.63. The third-order valence-corrected chi connectivity index (χ3v) is 8.01. The number of ether oxygens (including phenoxy) is 2. The Morgan fingerprint density at radius 1 is 1.12 bits per heavy atom. The van der Waals surface area contributed by atoms with E-state index < -0.39 is 48.2 Å². The van der Waals surface area contributed by atoms with E-state index in [1.165, 1.54) is 12.1 Å². The maximum Gasteiger partial charge on any atom is 0.408 e. The number of halogens is 4. The second kappa shape index (κ2) is 12.1. The van der Waals surface area contributed by atoms with Crippen molar-refractivity contribution in [3.8, 4) is 0 Å². The van der Waals surface area contributed by atoms with Crippen LogP contribution < -0.4 is 16.0 Å². The molecule has 3 aliphatic heterocycles. The molecule has 0 saturated carbocycles. The molecule has 2 aromatic rings. The van der Waals surface area contributed by atoms with Crippen LogP contribution in [0.5, 0.6) is 0 Å². The monoisotopic (exact) mass is 607 g/mol. The van der Waals surface area contributed by atoms with E-state index in [1.54, 1.807) is 17.9 Å². The van der Waals surface area contributed by atoms with Gasteiger partial charge in [0.2, 0.25) is 18.2 Å². The lowest BCUT2D eigenvalue weighted by Gasteiger charge is -2.41. The van der Waals surface area contributed by atoms with E-state index in [0.717, 1.165) is 35.1 Å². The van der Waals surface area contributed by atoms with Crippen molar-refractivity contribution in [1.29, 1.82) is 0 Å². The van der Waals surface area contributed by atoms with E-state index in [2.05, 4.69) is 16.0 Å². The minimum Gasteiger partial charge on any atom is -0.354 e. The van der Waals surface area contributed by atoms with Crippen molar-refractivity contribution >= 4 is 23.5 Å². The van der Waals surface area contributed by atoms with Gasteiger partial charge in [0.1, 0.15) is 17.5 Å². The summed E-state index contributed by atoms with van der Waals surface area (Å²) in [7, 11) is 0. The lowest BCUT2D eigenvalue weighted by Crippen LogP contribution is -2.59. The van der Waals surface area contributed by atoms with Gasteiger partial charge in [0.05, 0.1) is 6.54 Å². The van der Waals surface area contributed by atoms with Gasteiger partial charge in [0, 0.05) is 31.7 Å². The molecule has 43 heavy (non-hydrogen) atoms. The summed E-state index contributed by atoms with van der Waals surface area (Å²) in [6.45, 7) is 2.54. The molecule has 3 N–H and O–H groups in total. The first kappa shape index (κ1) is 30.7. The number of benzene rings is 2. The standard InChI is InChI=1S/C29H33F4N5O5/c1-3-23(39)34-12-13-35-26(41)36-21-8-9-22-19(14-21)10-11-28(22)25-38(27(42-25)43-28)16-24(40)37(17(2)29(31,32)33)15-18-4-6-20(30)7-5-18/h4-9,14,17,25,27H,3,10-13,15-16H2,1-2H3,(H,34,39)(H2,35,36,41)/t17-,25?,27?,28+/m0/s1. The Labute approximate surface area is 245 Å². The highest BCUT2D eigenvalue weighted by Gasteiger charge is 2.66. The van der Waals surface area contributed by atoms with Crippen LogP contribution in [-0.2, 0) is 37.6 Å². The molecule has 3 fully saturated rings. The number of nitrogens with one attached hydrogen (secondary N) is 3. The van der Waals surface area contributed by atoms with Crippen molar-refractivity contribution in [1.82, 2.24) is 20.4 Å². The summed E-state index contributed by atoms with van der Waals surface area (Å²) >= 11 is 0. The molecule has 0 aromatic heterocycles. The van der Waals surface area contributed by atoms with Crippen molar-refractivity contribution < 1.29 is 41.4 Å². The molecule has 3 saturated heterocycles. The molecule has 6 rings (SSSR count). The highest BCUT2D eigenvalue weighted by molar-refractivity contribution is 5.89. The molecule has 4 amide bonds. The lowest BCUT2D eigenvalue weighted by atomic mass is 9.93. The van der Waals surface area contributed by atoms with Crippen LogP contribution in [0.2, 0.25) is 0 Å². The summed E-state index contributed by atoms with van der Waals surface area (Å²) in [5.74, 6) is -1.39. The van der Waals surface area contributed by atoms with Crippen LogP contribution in [0.25, 0.3) is 0 Å². The number of rotatable bonds is 10. The zero-order valence-corrected chi connectivity index (χ0v) is 23.7. The Balaban J connectivity index is 1.23. The quantitative estimate of drug-likeness (QED) is 0.281. The van der Waals surface area contributed by atoms with Crippen LogP contribution in [0.15, 0.2) is 42.5 Å². The topological polar surface area (TPSA) is 112 Å². The van der Waals surface area contributed by atoms with E-state index in [-0.39, 0.29) is 25.5 Å². The fraction of sp³-hybridized carbons (Fsp3) is 0.483. The summed E-state index contributed by atoms with van der Waals surface area (Å²) < 4.78 is 66.5. The minimum atomic E-state index is -4.66. The number of aryl methyl sites for hydroxylation is 1. The van der Waals surface area contributed by atoms with Crippen molar-refractivity contribution in [2.45, 2.75) is 70.1 Å². The van der Waals surface area contributed by atoms with Gasteiger partial charge in [-0.2, -0.15) is 13.2 Å². The number of urea groups is 1. The Morgan fingerprint density at radius 3 is 2.53 bits per heavy atom. The molecule has 0 radical (unpaired) electrons. The third-order valence-electron chi connectivity index (χ3n) is 8.01. The number of hydrogen-bond acceptors (Lipinski definition) is 6. The fourth-order valence-electron chi connectivity index (χ4n) is 5.64. The highest BCUT2D eigenvalue weighted by atomic mass is 19.4. The van der Waals surface area contributed by atoms with E-state index in [0.29, 0.717) is 37.1 Å². The summed E-state index contributed by atoms with van der Waals surface area (Å²) in [5.41, 5.74) is 1.78. The number of anilines is 1. The number of alkyl halides is 3. The number of carbonyl (C=O) groups is 3. The number of amides is 4. The Bertz CT molecular complexity index is 1370. The van der Waals surface area contributed by atoms with Crippen LogP contribution in [0.1, 0.15) is 43.4 Å². The predicted molar refractivity (Wildman–Crippen MR) is 146 cm³/mol. The van der Waals surface area contributed by atoms with Crippen LogP contribution in [-0.4, -0.2) is 72.1 Å². The van der Waals surface area contributed by atoms with E-state index in [4.69, 9.17) is 9.47 Å². The van der Waals surface area contributed by atoms with Crippen molar-refractivity contribution in [2.75, 3.05) is 25.0 Å². The van der Waals surface area contributed by atoms with Crippen molar-refractivity contribution in [2.24, 2.45) is 0 Å². The molecule has 10 nitrogen and oxygen atoms in total. The molecule has 2 unspecified atom stereocenters. The van der Waals surface area contributed by atoms with Gasteiger partial charge < -0.3 is 30.3 Å². The van der Waals surface area contributed by atoms with E-state index in [1.807, 2.05) is 12.1 Å². The molecule has 14 heteroatoms. The zero-order chi connectivity index (χ0) is 30.9. The Hall–Kier alpha value is -3.75. The normalized spacial score (nSPS) is 22.9. The highest BCUT2D eigenvalue weighted by Crippen LogP contribution is 2.56. The van der Waals surface area contributed by atoms with Gasteiger partial charge in [-0.05, 0) is 60.7 Å². The van der Waals surface area contributed by atoms with Crippen molar-refractivity contribution in [3.05, 3.63) is 65.0 Å². The second-order valence-electron chi connectivity index (χ2n) is 10.8. The molecule has 3 heterocycles. The molecule has 232 valence electrons. The Morgan fingerprint density at radius 2 is 1.84 bits per heavy atom. The third kappa shape index (κ3) is 6.31. The SMILES string of the molecule is CCC(=O)NCCNC(=O)Nc1ccc2c(c1)CC[C@@]21OC2OC1N2CC(=O)N(Cc1ccc(F)cc1)[C@@H](C)C(F)(F)F. The number of carbonyl (C=O) groups excluding carboxylic acids is 3. The maximum atomic E-state index is 13.7. The number of fused-ring (bicyclic) bond motifs is 1. The molecule has 2 aromatic carbocycles. The summed E-state index contributed by atoms with van der Waals surface area (Å²) in [5, 5.41) is 8.10. The fourth-order valence-corrected chi connectivity index (χ4v) is 5.64. The Kier molecular flexibility index (Phi) is 8.63. The van der Waals surface area contributed by atoms with Gasteiger partial charge >= 0.3 is 12.2 Å². The van der Waals surface area contributed by atoms with Crippen LogP contribution in [0.4, 0.5) is 28.0 Å². The molecule has 2 bridgehead atoms. The molecular weight excluding hydrogens is 574 g/mol. The largest absolute Gasteiger partial charge is 0.408 e. The first-order valence-corrected chi connectivity index (χ1v) is 14.1. The van der Waals surface area contributed by atoms with Gasteiger partial charge in [0.25, 0.3) is 0 Å². The predicted octanol–water partition coefficient (Wildman–Crippen LogP) is 3.57. The van der Waals surface area contributed by atoms with Crippen LogP contribution in [0, 0.1) is 5.82 Å². The molecular formula is C29H33F4N5O5. The van der Waals surface area contributed by atoms with Crippen LogP contribution in [0.3, 0.4) is 0 Å². The van der Waals surface area contributed by atoms with E-state index >= 15 is 0 Å². The zero-order valence-electron chi connectivity index (χ0n) is 23.7. The average molecular weight is 608 g/mol. The van der Waals surface area contributed by atoms with Gasteiger partial charge in [-0.25, -0.2) is 14.1 Å². The summed E-state index contributed by atoms with van der Waals surface area (Å²) in [4.78, 5) is 39.2. The first-order valence-electron chi connectivity index (χ1n) is 14.1. The number of nitrogens with zero attached hydrogens (tertiary/aromatic N) is 2. The summed E-state index contributed by atoms with van der Waals surface area (Å²) in [6.07, 6.45) is -4.72. The molecule has 1 aliphatic carbocycles. The molecule has 4 atom stereocenters. The van der Waals surface area contributed by atoms with Gasteiger partial charge in [-0.3, -0.25) is 9.59 Å². The number of hydrogen-bond donors (Lipinski definition) is 3. The summed E-state index contributed by atoms with van der Waals surface area (Å²) in [6, 6.07) is 7.84. The lowest BCUT2D eigenvalue weighted by molar-refractivity contribution is -0.285. The first-order chi connectivity index (χ1) is 20.4. The maximum absolute atomic E-state index is 13.7. The van der Waals surface area contributed by atoms with Gasteiger partial charge in [-0.15, -0.1) is 0 Å².